The quantitative estimate of drug-likeness (QED) is 0.797. The first-order valence-corrected chi connectivity index (χ1v) is 7.60. The van der Waals surface area contributed by atoms with Crippen LogP contribution in [0.25, 0.3) is 0 Å². The molecule has 102 valence electrons. The van der Waals surface area contributed by atoms with Crippen molar-refractivity contribution in [3.05, 3.63) is 0 Å². The Labute approximate surface area is 115 Å². The normalized spacial score (nSPS) is 26.5. The Morgan fingerprint density at radius 3 is 2.67 bits per heavy atom. The number of amides is 1. The lowest BCUT2D eigenvalue weighted by atomic mass is 9.96. The molecule has 1 aliphatic heterocycles. The molecule has 2 fully saturated rings. The molecule has 18 heavy (non-hydrogen) atoms. The van der Waals surface area contributed by atoms with E-state index in [0.717, 1.165) is 44.7 Å². The maximum absolute atomic E-state index is 12.5. The lowest BCUT2D eigenvalue weighted by molar-refractivity contribution is -0.134. The van der Waals surface area contributed by atoms with Crippen molar-refractivity contribution >= 4 is 23.1 Å². The van der Waals surface area contributed by atoms with Gasteiger partial charge in [-0.1, -0.05) is 32.0 Å². The van der Waals surface area contributed by atoms with Gasteiger partial charge in [-0.2, -0.15) is 0 Å². The number of likely N-dealkylation sites (tertiary alicyclic amines) is 1. The molecule has 0 radical (unpaired) electrons. The highest BCUT2D eigenvalue weighted by atomic mass is 32.1. The zero-order valence-corrected chi connectivity index (χ0v) is 12.1. The van der Waals surface area contributed by atoms with Crippen molar-refractivity contribution in [2.24, 2.45) is 17.1 Å². The van der Waals surface area contributed by atoms with Gasteiger partial charge in [-0.15, -0.1) is 0 Å². The van der Waals surface area contributed by atoms with Crippen LogP contribution in [0.5, 0.6) is 0 Å². The monoisotopic (exact) mass is 268 g/mol. The third kappa shape index (κ3) is 2.68. The Hall–Kier alpha value is -0.640. The lowest BCUT2D eigenvalue weighted by Gasteiger charge is -2.25. The Morgan fingerprint density at radius 2 is 2.11 bits per heavy atom. The van der Waals surface area contributed by atoms with Crippen LogP contribution >= 0.6 is 12.2 Å². The van der Waals surface area contributed by atoms with Crippen LogP contribution in [0, 0.1) is 11.3 Å². The van der Waals surface area contributed by atoms with Gasteiger partial charge in [-0.25, -0.2) is 0 Å². The van der Waals surface area contributed by atoms with Gasteiger partial charge in [-0.05, 0) is 38.0 Å². The summed E-state index contributed by atoms with van der Waals surface area (Å²) in [6.45, 7) is 4.02. The molecule has 1 saturated heterocycles. The van der Waals surface area contributed by atoms with E-state index in [2.05, 4.69) is 6.92 Å². The average Bonchev–Trinajstić information content (AvgIpc) is 3.14. The first kappa shape index (κ1) is 13.8. The van der Waals surface area contributed by atoms with Gasteiger partial charge in [0.25, 0.3) is 0 Å². The summed E-state index contributed by atoms with van der Waals surface area (Å²) in [6.07, 6.45) is 7.79. The second-order valence-electron chi connectivity index (χ2n) is 5.82. The molecule has 1 saturated carbocycles. The molecule has 0 aromatic heterocycles. The van der Waals surface area contributed by atoms with Gasteiger partial charge in [0, 0.05) is 13.1 Å². The van der Waals surface area contributed by atoms with Crippen LogP contribution in [0.3, 0.4) is 0 Å². The summed E-state index contributed by atoms with van der Waals surface area (Å²) in [4.78, 5) is 14.9. The highest BCUT2D eigenvalue weighted by Gasteiger charge is 2.54. The highest BCUT2D eigenvalue weighted by molar-refractivity contribution is 7.80. The molecular formula is C14H24N2OS. The van der Waals surface area contributed by atoms with Crippen molar-refractivity contribution < 1.29 is 4.79 Å². The van der Waals surface area contributed by atoms with Crippen molar-refractivity contribution in [1.82, 2.24) is 4.90 Å². The Bertz CT molecular complexity index is 339. The molecule has 1 unspecified atom stereocenters. The molecule has 1 aliphatic carbocycles. The lowest BCUT2D eigenvalue weighted by Crippen LogP contribution is -2.43. The van der Waals surface area contributed by atoms with Crippen LogP contribution in [0.2, 0.25) is 0 Å². The topological polar surface area (TPSA) is 46.3 Å². The predicted molar refractivity (Wildman–Crippen MR) is 77.3 cm³/mol. The van der Waals surface area contributed by atoms with Crippen molar-refractivity contribution in [1.29, 1.82) is 0 Å². The third-order valence-corrected chi connectivity index (χ3v) is 4.85. The molecule has 4 heteroatoms. The SMILES string of the molecule is CCCC1CCCN(C(=O)C2(C(N)=S)CC2)CC1. The van der Waals surface area contributed by atoms with Crippen molar-refractivity contribution in [3.63, 3.8) is 0 Å². The number of carbonyl (C=O) groups is 1. The number of thiocarbonyl (C=S) groups is 1. The van der Waals surface area contributed by atoms with E-state index in [-0.39, 0.29) is 5.91 Å². The standard InChI is InChI=1S/C14H24N2OS/c1-2-4-11-5-3-9-16(10-6-11)13(17)14(7-8-14)12(15)18/h11H,2-10H2,1H3,(H2,15,18). The van der Waals surface area contributed by atoms with Crippen molar-refractivity contribution in [3.8, 4) is 0 Å². The van der Waals surface area contributed by atoms with E-state index in [9.17, 15) is 4.79 Å². The Morgan fingerprint density at radius 1 is 1.39 bits per heavy atom. The highest BCUT2D eigenvalue weighted by Crippen LogP contribution is 2.47. The molecule has 1 atom stereocenters. The van der Waals surface area contributed by atoms with Crippen LogP contribution in [-0.2, 0) is 4.79 Å². The first-order chi connectivity index (χ1) is 8.60. The van der Waals surface area contributed by atoms with E-state index < -0.39 is 5.41 Å². The molecule has 2 rings (SSSR count). The minimum Gasteiger partial charge on any atom is -0.392 e. The second kappa shape index (κ2) is 5.55. The molecule has 0 aromatic carbocycles. The van der Waals surface area contributed by atoms with E-state index in [0.29, 0.717) is 4.99 Å². The molecule has 2 aliphatic rings. The molecule has 0 spiro atoms. The number of carbonyl (C=O) groups excluding carboxylic acids is 1. The van der Waals surface area contributed by atoms with Crippen LogP contribution in [0.15, 0.2) is 0 Å². The van der Waals surface area contributed by atoms with Crippen LogP contribution < -0.4 is 5.73 Å². The van der Waals surface area contributed by atoms with Gasteiger partial charge in [0.1, 0.15) is 0 Å². The minimum absolute atomic E-state index is 0.201. The number of nitrogens with zero attached hydrogens (tertiary/aromatic N) is 1. The molecule has 1 amide bonds. The van der Waals surface area contributed by atoms with Crippen LogP contribution in [0.4, 0.5) is 0 Å². The van der Waals surface area contributed by atoms with E-state index in [1.54, 1.807) is 0 Å². The number of nitrogens with two attached hydrogens (primary N) is 1. The number of hydrogen-bond acceptors (Lipinski definition) is 2. The maximum atomic E-state index is 12.5. The number of hydrogen-bond donors (Lipinski definition) is 1. The third-order valence-electron chi connectivity index (χ3n) is 4.46. The summed E-state index contributed by atoms with van der Waals surface area (Å²) in [5.74, 6) is 1.000. The van der Waals surface area contributed by atoms with E-state index in [1.807, 2.05) is 4.90 Å². The van der Waals surface area contributed by atoms with Crippen molar-refractivity contribution in [2.45, 2.75) is 51.9 Å². The molecule has 0 bridgehead atoms. The Balaban J connectivity index is 1.94. The molecular weight excluding hydrogens is 244 g/mol. The zero-order chi connectivity index (χ0) is 13.2. The van der Waals surface area contributed by atoms with Gasteiger partial charge >= 0.3 is 0 Å². The summed E-state index contributed by atoms with van der Waals surface area (Å²) in [7, 11) is 0. The predicted octanol–water partition coefficient (Wildman–Crippen LogP) is 2.48. The van der Waals surface area contributed by atoms with Crippen molar-refractivity contribution in [2.75, 3.05) is 13.1 Å². The summed E-state index contributed by atoms with van der Waals surface area (Å²) >= 11 is 5.07. The van der Waals surface area contributed by atoms with E-state index >= 15 is 0 Å². The maximum Gasteiger partial charge on any atom is 0.235 e. The minimum atomic E-state index is -0.458. The largest absolute Gasteiger partial charge is 0.392 e. The second-order valence-corrected chi connectivity index (χ2v) is 6.26. The zero-order valence-electron chi connectivity index (χ0n) is 11.3. The van der Waals surface area contributed by atoms with Gasteiger partial charge in [0.2, 0.25) is 5.91 Å². The molecule has 1 heterocycles. The molecule has 0 aromatic rings. The van der Waals surface area contributed by atoms with Gasteiger partial charge < -0.3 is 10.6 Å². The first-order valence-electron chi connectivity index (χ1n) is 7.19. The van der Waals surface area contributed by atoms with Crippen LogP contribution in [-0.4, -0.2) is 28.9 Å². The van der Waals surface area contributed by atoms with Gasteiger partial charge in [-0.3, -0.25) is 4.79 Å². The fourth-order valence-electron chi connectivity index (χ4n) is 3.06. The summed E-state index contributed by atoms with van der Waals surface area (Å²) in [6, 6.07) is 0. The van der Waals surface area contributed by atoms with Gasteiger partial charge in [0.05, 0.1) is 10.4 Å². The summed E-state index contributed by atoms with van der Waals surface area (Å²) < 4.78 is 0. The summed E-state index contributed by atoms with van der Waals surface area (Å²) in [5.41, 5.74) is 5.28. The number of rotatable bonds is 4. The van der Waals surface area contributed by atoms with Crippen LogP contribution in [0.1, 0.15) is 51.9 Å². The average molecular weight is 268 g/mol. The van der Waals surface area contributed by atoms with Gasteiger partial charge in [0.15, 0.2) is 0 Å². The molecule has 2 N–H and O–H groups in total. The fraction of sp³-hybridized carbons (Fsp3) is 0.857. The van der Waals surface area contributed by atoms with E-state index in [1.165, 1.54) is 19.3 Å². The smallest absolute Gasteiger partial charge is 0.235 e. The van der Waals surface area contributed by atoms with E-state index in [4.69, 9.17) is 18.0 Å². The summed E-state index contributed by atoms with van der Waals surface area (Å²) in [5, 5.41) is 0. The Kier molecular flexibility index (Phi) is 4.25. The fourth-order valence-corrected chi connectivity index (χ4v) is 3.35. The molecule has 3 nitrogen and oxygen atoms in total.